The van der Waals surface area contributed by atoms with Crippen molar-refractivity contribution in [3.05, 3.63) is 30.3 Å². The van der Waals surface area contributed by atoms with E-state index in [1.165, 1.54) is 4.90 Å². The number of hydrogen-bond donors (Lipinski definition) is 2. The molecule has 0 radical (unpaired) electrons. The van der Waals surface area contributed by atoms with Crippen molar-refractivity contribution in [2.75, 3.05) is 12.3 Å². The number of carbonyl (C=O) groups is 2. The van der Waals surface area contributed by atoms with E-state index in [1.54, 1.807) is 32.5 Å². The highest BCUT2D eigenvalue weighted by molar-refractivity contribution is 7.99. The molecule has 1 rings (SSSR count). The Morgan fingerprint density at radius 1 is 1.17 bits per heavy atom. The predicted molar refractivity (Wildman–Crippen MR) is 98.2 cm³/mol. The van der Waals surface area contributed by atoms with Gasteiger partial charge in [-0.1, -0.05) is 32.0 Å². The van der Waals surface area contributed by atoms with Gasteiger partial charge >= 0.3 is 6.09 Å². The second-order valence-corrected chi connectivity index (χ2v) is 7.99. The normalized spacial score (nSPS) is 12.6. The second-order valence-electron chi connectivity index (χ2n) is 6.82. The number of thioether (sulfide) groups is 1. The monoisotopic (exact) mass is 352 g/mol. The van der Waals surface area contributed by atoms with E-state index in [1.807, 2.05) is 44.2 Å². The summed E-state index contributed by atoms with van der Waals surface area (Å²) >= 11 is 1.68. The van der Waals surface area contributed by atoms with E-state index in [4.69, 9.17) is 4.74 Å². The molecule has 0 spiro atoms. The van der Waals surface area contributed by atoms with Gasteiger partial charge in [0.15, 0.2) is 0 Å². The van der Waals surface area contributed by atoms with Crippen molar-refractivity contribution in [1.82, 2.24) is 10.6 Å². The third-order valence-corrected chi connectivity index (χ3v) is 4.05. The molecule has 2 N–H and O–H groups in total. The van der Waals surface area contributed by atoms with Crippen LogP contribution in [0.4, 0.5) is 4.79 Å². The molecule has 1 aromatic carbocycles. The zero-order chi connectivity index (χ0) is 18.2. The van der Waals surface area contributed by atoms with Gasteiger partial charge in [-0.15, -0.1) is 11.8 Å². The van der Waals surface area contributed by atoms with Crippen molar-refractivity contribution in [2.45, 2.75) is 51.2 Å². The smallest absolute Gasteiger partial charge is 0.408 e. The topological polar surface area (TPSA) is 67.4 Å². The lowest BCUT2D eigenvalue weighted by molar-refractivity contribution is -0.124. The Bertz CT molecular complexity index is 527. The van der Waals surface area contributed by atoms with Gasteiger partial charge in [-0.2, -0.15) is 0 Å². The zero-order valence-electron chi connectivity index (χ0n) is 15.1. The average molecular weight is 352 g/mol. The lowest BCUT2D eigenvalue weighted by atomic mass is 10.0. The van der Waals surface area contributed by atoms with Gasteiger partial charge in [0.25, 0.3) is 0 Å². The fourth-order valence-electron chi connectivity index (χ4n) is 1.94. The quantitative estimate of drug-likeness (QED) is 0.583. The maximum absolute atomic E-state index is 12.3. The zero-order valence-corrected chi connectivity index (χ0v) is 15.9. The van der Waals surface area contributed by atoms with Crippen LogP contribution in [0.15, 0.2) is 35.2 Å². The van der Waals surface area contributed by atoms with Crippen LogP contribution in [0.2, 0.25) is 0 Å². The molecule has 134 valence electrons. The molecule has 0 bridgehead atoms. The highest BCUT2D eigenvalue weighted by atomic mass is 32.2. The molecule has 0 aliphatic rings. The Labute approximate surface area is 148 Å². The number of nitrogens with one attached hydrogen (secondary N) is 2. The number of benzene rings is 1. The summed E-state index contributed by atoms with van der Waals surface area (Å²) in [5, 5.41) is 5.52. The highest BCUT2D eigenvalue weighted by Gasteiger charge is 2.26. The minimum Gasteiger partial charge on any atom is -0.444 e. The molecule has 5 nitrogen and oxygen atoms in total. The van der Waals surface area contributed by atoms with Gasteiger partial charge in [0.1, 0.15) is 11.6 Å². The molecular weight excluding hydrogens is 324 g/mol. The van der Waals surface area contributed by atoms with Crippen LogP contribution >= 0.6 is 11.8 Å². The van der Waals surface area contributed by atoms with Crippen molar-refractivity contribution in [3.8, 4) is 0 Å². The third-order valence-electron chi connectivity index (χ3n) is 3.03. The number of amides is 2. The second kappa shape index (κ2) is 9.57. The number of alkyl carbamates (subject to hydrolysis) is 1. The summed E-state index contributed by atoms with van der Waals surface area (Å²) in [6.07, 6.45) is -0.574. The summed E-state index contributed by atoms with van der Waals surface area (Å²) in [5.41, 5.74) is -0.589. The number of rotatable bonds is 7. The van der Waals surface area contributed by atoms with Crippen LogP contribution in [0.5, 0.6) is 0 Å². The first-order valence-electron chi connectivity index (χ1n) is 8.14. The molecule has 0 aliphatic heterocycles. The van der Waals surface area contributed by atoms with Gasteiger partial charge in [-0.05, 0) is 38.8 Å². The van der Waals surface area contributed by atoms with Crippen LogP contribution in [0, 0.1) is 5.92 Å². The Morgan fingerprint density at radius 3 is 2.33 bits per heavy atom. The molecule has 6 heteroatoms. The minimum atomic E-state index is -0.610. The largest absolute Gasteiger partial charge is 0.444 e. The molecule has 0 unspecified atom stereocenters. The first kappa shape index (κ1) is 20.4. The lowest BCUT2D eigenvalue weighted by Gasteiger charge is -2.25. The first-order chi connectivity index (χ1) is 11.2. The van der Waals surface area contributed by atoms with E-state index in [0.29, 0.717) is 6.54 Å². The molecule has 0 saturated carbocycles. The fraction of sp³-hybridized carbons (Fsp3) is 0.556. The molecule has 0 aliphatic carbocycles. The highest BCUT2D eigenvalue weighted by Crippen LogP contribution is 2.15. The van der Waals surface area contributed by atoms with Crippen LogP contribution in [-0.2, 0) is 9.53 Å². The van der Waals surface area contributed by atoms with E-state index in [0.717, 1.165) is 5.75 Å². The van der Waals surface area contributed by atoms with Gasteiger partial charge < -0.3 is 15.4 Å². The molecule has 0 aromatic heterocycles. The van der Waals surface area contributed by atoms with Crippen molar-refractivity contribution >= 4 is 23.8 Å². The number of ether oxygens (including phenoxy) is 1. The predicted octanol–water partition coefficient (Wildman–Crippen LogP) is 3.44. The van der Waals surface area contributed by atoms with E-state index in [-0.39, 0.29) is 11.8 Å². The van der Waals surface area contributed by atoms with Crippen LogP contribution < -0.4 is 10.6 Å². The fourth-order valence-corrected chi connectivity index (χ4v) is 2.73. The molecule has 0 saturated heterocycles. The van der Waals surface area contributed by atoms with Crippen molar-refractivity contribution in [2.24, 2.45) is 5.92 Å². The van der Waals surface area contributed by atoms with Gasteiger partial charge in [-0.25, -0.2) is 4.79 Å². The molecule has 0 heterocycles. The summed E-state index contributed by atoms with van der Waals surface area (Å²) in [6, 6.07) is 9.41. The molecule has 1 atom stereocenters. The SMILES string of the molecule is CC(C)[C@H](NC(=O)OC(C)(C)C)C(=O)NCCSc1ccccc1. The Morgan fingerprint density at radius 2 is 1.79 bits per heavy atom. The van der Waals surface area contributed by atoms with Crippen molar-refractivity contribution in [1.29, 1.82) is 0 Å². The Hall–Kier alpha value is -1.69. The Kier molecular flexibility index (Phi) is 8.11. The summed E-state index contributed by atoms with van der Waals surface area (Å²) in [7, 11) is 0. The summed E-state index contributed by atoms with van der Waals surface area (Å²) in [4.78, 5) is 25.3. The summed E-state index contributed by atoms with van der Waals surface area (Å²) < 4.78 is 5.22. The maximum atomic E-state index is 12.3. The van der Waals surface area contributed by atoms with E-state index in [2.05, 4.69) is 10.6 Å². The molecule has 24 heavy (non-hydrogen) atoms. The average Bonchev–Trinajstić information content (AvgIpc) is 2.48. The standard InChI is InChI=1S/C18H28N2O3S/c1-13(2)15(20-17(22)23-18(3,4)5)16(21)19-11-12-24-14-9-7-6-8-10-14/h6-10,13,15H,11-12H2,1-5H3,(H,19,21)(H,20,22)/t15-/m0/s1. The van der Waals surface area contributed by atoms with Crippen molar-refractivity contribution in [3.63, 3.8) is 0 Å². The molecule has 0 fully saturated rings. The van der Waals surface area contributed by atoms with Gasteiger partial charge in [-0.3, -0.25) is 4.79 Å². The minimum absolute atomic E-state index is 0.0284. The van der Waals surface area contributed by atoms with Gasteiger partial charge in [0, 0.05) is 17.2 Å². The lowest BCUT2D eigenvalue weighted by Crippen LogP contribution is -2.51. The van der Waals surface area contributed by atoms with E-state index < -0.39 is 17.7 Å². The summed E-state index contributed by atoms with van der Waals surface area (Å²) in [5.74, 6) is 0.552. The van der Waals surface area contributed by atoms with Crippen LogP contribution in [-0.4, -0.2) is 35.9 Å². The van der Waals surface area contributed by atoms with Crippen LogP contribution in [0.3, 0.4) is 0 Å². The molecule has 1 aromatic rings. The Balaban J connectivity index is 2.41. The maximum Gasteiger partial charge on any atom is 0.408 e. The van der Waals surface area contributed by atoms with Gasteiger partial charge in [0.05, 0.1) is 0 Å². The van der Waals surface area contributed by atoms with E-state index in [9.17, 15) is 9.59 Å². The number of carbonyl (C=O) groups excluding carboxylic acids is 2. The number of hydrogen-bond acceptors (Lipinski definition) is 4. The van der Waals surface area contributed by atoms with Gasteiger partial charge in [0.2, 0.25) is 5.91 Å². The third kappa shape index (κ3) is 8.24. The first-order valence-corrected chi connectivity index (χ1v) is 9.12. The van der Waals surface area contributed by atoms with E-state index >= 15 is 0 Å². The van der Waals surface area contributed by atoms with Crippen molar-refractivity contribution < 1.29 is 14.3 Å². The summed E-state index contributed by atoms with van der Waals surface area (Å²) in [6.45, 7) is 9.69. The van der Waals surface area contributed by atoms with Crippen LogP contribution in [0.25, 0.3) is 0 Å². The molecular formula is C18H28N2O3S. The molecule has 2 amide bonds. The van der Waals surface area contributed by atoms with Crippen LogP contribution in [0.1, 0.15) is 34.6 Å².